The molecule has 10 nitrogen and oxygen atoms in total. The number of nitrogens with zero attached hydrogens (tertiary/aromatic N) is 8. The van der Waals surface area contributed by atoms with Crippen molar-refractivity contribution in [3.63, 3.8) is 0 Å². The first-order chi connectivity index (χ1) is 17.3. The van der Waals surface area contributed by atoms with Crippen molar-refractivity contribution in [2.24, 2.45) is 0 Å². The number of alkyl halides is 3. The summed E-state index contributed by atoms with van der Waals surface area (Å²) in [6.07, 6.45) is 2.78. The van der Waals surface area contributed by atoms with Gasteiger partial charge in [0.1, 0.15) is 6.54 Å². The summed E-state index contributed by atoms with van der Waals surface area (Å²) in [6.45, 7) is -1.19. The van der Waals surface area contributed by atoms with E-state index in [1.54, 1.807) is 29.2 Å². The predicted octanol–water partition coefficient (Wildman–Crippen LogP) is 3.78. The maximum atomic E-state index is 13.0. The van der Waals surface area contributed by atoms with Gasteiger partial charge in [0.15, 0.2) is 11.3 Å². The van der Waals surface area contributed by atoms with Gasteiger partial charge in [0.25, 0.3) is 0 Å². The molecule has 1 saturated carbocycles. The summed E-state index contributed by atoms with van der Waals surface area (Å²) in [5.74, 6) is 0.399. The molecule has 1 aliphatic carbocycles. The predicted molar refractivity (Wildman–Crippen MR) is 121 cm³/mol. The molecular weight excluding hydrogens is 477 g/mol. The fourth-order valence-corrected chi connectivity index (χ4v) is 4.45. The molecule has 0 aliphatic heterocycles. The summed E-state index contributed by atoms with van der Waals surface area (Å²) >= 11 is 0. The standard InChI is InChI=1S/C23H19F3N8O2/c1-35-21-16(10-28-22(31-21)36-2)18-8-15(20-27-5-6-33(20)32-18)13-7-14(13)17-4-3-12-9-29-34(19(12)30-17)11-23(24,25)26/h3-6,8-10,13-14H,7,11H2,1-2H3/t13?,14-/m0/s1. The number of aromatic nitrogens is 8. The summed E-state index contributed by atoms with van der Waals surface area (Å²) in [7, 11) is 2.97. The molecule has 5 heterocycles. The van der Waals surface area contributed by atoms with E-state index >= 15 is 0 Å². The molecule has 13 heteroatoms. The Bertz CT molecular complexity index is 1600. The van der Waals surface area contributed by atoms with Crippen molar-refractivity contribution >= 4 is 16.7 Å². The fraction of sp³-hybridized carbons (Fsp3) is 0.304. The Balaban J connectivity index is 1.37. The molecule has 0 N–H and O–H groups in total. The second-order valence-electron chi connectivity index (χ2n) is 8.48. The van der Waals surface area contributed by atoms with Crippen LogP contribution in [0.3, 0.4) is 0 Å². The highest BCUT2D eigenvalue weighted by molar-refractivity contribution is 5.75. The Morgan fingerprint density at radius 3 is 2.67 bits per heavy atom. The first-order valence-electron chi connectivity index (χ1n) is 11.0. The van der Waals surface area contributed by atoms with Crippen LogP contribution in [0.5, 0.6) is 11.9 Å². The lowest BCUT2D eigenvalue weighted by molar-refractivity contribution is -0.141. The highest BCUT2D eigenvalue weighted by Crippen LogP contribution is 2.55. The number of ether oxygens (including phenoxy) is 2. The van der Waals surface area contributed by atoms with Crippen LogP contribution in [0, 0.1) is 0 Å². The number of hydrogen-bond acceptors (Lipinski definition) is 8. The van der Waals surface area contributed by atoms with Gasteiger partial charge in [-0.15, -0.1) is 0 Å². The van der Waals surface area contributed by atoms with Crippen LogP contribution in [-0.4, -0.2) is 59.7 Å². The van der Waals surface area contributed by atoms with E-state index in [9.17, 15) is 13.2 Å². The molecule has 184 valence electrons. The molecule has 0 saturated heterocycles. The Labute approximate surface area is 201 Å². The van der Waals surface area contributed by atoms with Crippen LogP contribution in [0.1, 0.15) is 29.5 Å². The molecule has 1 unspecified atom stereocenters. The molecule has 36 heavy (non-hydrogen) atoms. The van der Waals surface area contributed by atoms with Crippen molar-refractivity contribution in [3.05, 3.63) is 54.2 Å². The molecule has 0 radical (unpaired) electrons. The third-order valence-electron chi connectivity index (χ3n) is 6.18. The number of pyridine rings is 1. The minimum absolute atomic E-state index is 0.0217. The van der Waals surface area contributed by atoms with Gasteiger partial charge in [0.05, 0.1) is 31.7 Å². The summed E-state index contributed by atoms with van der Waals surface area (Å²) < 4.78 is 52.0. The number of fused-ring (bicyclic) bond motifs is 2. The summed E-state index contributed by atoms with van der Waals surface area (Å²) in [4.78, 5) is 17.5. The van der Waals surface area contributed by atoms with Crippen LogP contribution in [0.25, 0.3) is 27.9 Å². The lowest BCUT2D eigenvalue weighted by Gasteiger charge is -2.11. The minimum atomic E-state index is -4.38. The third-order valence-corrected chi connectivity index (χ3v) is 6.18. The van der Waals surface area contributed by atoms with E-state index in [0.717, 1.165) is 16.7 Å². The first kappa shape index (κ1) is 22.2. The van der Waals surface area contributed by atoms with Gasteiger partial charge in [-0.2, -0.15) is 28.4 Å². The number of rotatable bonds is 6. The van der Waals surface area contributed by atoms with Crippen molar-refractivity contribution in [2.45, 2.75) is 31.0 Å². The van der Waals surface area contributed by atoms with E-state index in [-0.39, 0.29) is 23.5 Å². The zero-order valence-electron chi connectivity index (χ0n) is 19.1. The zero-order chi connectivity index (χ0) is 25.0. The average molecular weight is 496 g/mol. The monoisotopic (exact) mass is 496 g/mol. The first-order valence-corrected chi connectivity index (χ1v) is 11.0. The number of imidazole rings is 1. The van der Waals surface area contributed by atoms with Crippen molar-refractivity contribution in [1.29, 1.82) is 0 Å². The van der Waals surface area contributed by atoms with Gasteiger partial charge < -0.3 is 9.47 Å². The molecular formula is C23H19F3N8O2. The second kappa shape index (κ2) is 8.14. The quantitative estimate of drug-likeness (QED) is 0.350. The molecule has 1 aliphatic rings. The molecule has 0 amide bonds. The van der Waals surface area contributed by atoms with Gasteiger partial charge in [-0.05, 0) is 30.5 Å². The maximum Gasteiger partial charge on any atom is 0.408 e. The highest BCUT2D eigenvalue weighted by atomic mass is 19.4. The zero-order valence-corrected chi connectivity index (χ0v) is 19.1. The fourth-order valence-electron chi connectivity index (χ4n) is 4.45. The van der Waals surface area contributed by atoms with Crippen molar-refractivity contribution in [3.8, 4) is 23.1 Å². The summed E-state index contributed by atoms with van der Waals surface area (Å²) in [6, 6.07) is 5.70. The van der Waals surface area contributed by atoms with Crippen molar-refractivity contribution in [1.82, 2.24) is 39.3 Å². The Morgan fingerprint density at radius 2 is 1.89 bits per heavy atom. The highest BCUT2D eigenvalue weighted by Gasteiger charge is 2.43. The smallest absolute Gasteiger partial charge is 0.408 e. The van der Waals surface area contributed by atoms with Gasteiger partial charge in [0.2, 0.25) is 5.88 Å². The molecule has 5 aromatic heterocycles. The largest absolute Gasteiger partial charge is 0.480 e. The molecule has 5 aromatic rings. The van der Waals surface area contributed by atoms with Gasteiger partial charge in [-0.1, -0.05) is 0 Å². The van der Waals surface area contributed by atoms with Crippen LogP contribution in [0.2, 0.25) is 0 Å². The number of halogens is 3. The van der Waals surface area contributed by atoms with E-state index in [0.29, 0.717) is 33.9 Å². The number of hydrogen-bond donors (Lipinski definition) is 0. The van der Waals surface area contributed by atoms with E-state index < -0.39 is 12.7 Å². The van der Waals surface area contributed by atoms with E-state index in [4.69, 9.17) is 9.47 Å². The van der Waals surface area contributed by atoms with Gasteiger partial charge >= 0.3 is 12.2 Å². The Hall–Kier alpha value is -4.29. The Kier molecular flexibility index (Phi) is 5.02. The van der Waals surface area contributed by atoms with Gasteiger partial charge in [-0.3, -0.25) is 0 Å². The van der Waals surface area contributed by atoms with Crippen molar-refractivity contribution in [2.75, 3.05) is 14.2 Å². The molecule has 0 aromatic carbocycles. The SMILES string of the molecule is COc1ncc(-c2cc(C3C[C@@H]3c3ccc4cnn(CC(F)(F)F)c4n3)c3nccn3n2)c(OC)n1. The van der Waals surface area contributed by atoms with E-state index in [1.165, 1.54) is 20.4 Å². The van der Waals surface area contributed by atoms with Gasteiger partial charge in [-0.25, -0.2) is 24.1 Å². The van der Waals surface area contributed by atoms with Crippen LogP contribution >= 0.6 is 0 Å². The molecule has 6 rings (SSSR count). The third kappa shape index (κ3) is 3.85. The van der Waals surface area contributed by atoms with Crippen LogP contribution in [0.4, 0.5) is 13.2 Å². The summed E-state index contributed by atoms with van der Waals surface area (Å²) in [5.41, 5.74) is 3.75. The lowest BCUT2D eigenvalue weighted by Crippen LogP contribution is -2.18. The van der Waals surface area contributed by atoms with E-state index in [1.807, 2.05) is 12.1 Å². The Morgan fingerprint density at radius 1 is 1.03 bits per heavy atom. The molecule has 2 atom stereocenters. The van der Waals surface area contributed by atoms with Crippen molar-refractivity contribution < 1.29 is 22.6 Å². The topological polar surface area (TPSA) is 105 Å². The molecule has 1 fully saturated rings. The van der Waals surface area contributed by atoms with Crippen LogP contribution in [0.15, 0.2) is 43.0 Å². The lowest BCUT2D eigenvalue weighted by atomic mass is 10.1. The second-order valence-corrected chi connectivity index (χ2v) is 8.48. The van der Waals surface area contributed by atoms with E-state index in [2.05, 4.69) is 30.1 Å². The van der Waals surface area contributed by atoms with Crippen LogP contribution < -0.4 is 9.47 Å². The summed E-state index contributed by atoms with van der Waals surface area (Å²) in [5, 5.41) is 9.07. The normalized spacial score (nSPS) is 17.6. The van der Waals surface area contributed by atoms with Crippen LogP contribution in [-0.2, 0) is 6.54 Å². The maximum absolute atomic E-state index is 13.0. The molecule has 0 spiro atoms. The van der Waals surface area contributed by atoms with Gasteiger partial charge in [0, 0.05) is 41.2 Å². The minimum Gasteiger partial charge on any atom is -0.480 e. The molecule has 0 bridgehead atoms. The number of methoxy groups -OCH3 is 2. The average Bonchev–Trinajstić information content (AvgIpc) is 3.35.